The minimum Gasteiger partial charge on any atom is -0.496 e. The van der Waals surface area contributed by atoms with Crippen molar-refractivity contribution in [2.24, 2.45) is 0 Å². The highest BCUT2D eigenvalue weighted by Gasteiger charge is 2.14. The maximum Gasteiger partial charge on any atom is 0.134 e. The molecule has 0 radical (unpaired) electrons. The molecule has 1 saturated heterocycles. The lowest BCUT2D eigenvalue weighted by Crippen LogP contribution is -2.31. The largest absolute Gasteiger partial charge is 0.496 e. The molecule has 1 atom stereocenters. The molecule has 2 heterocycles. The Kier molecular flexibility index (Phi) is 4.02. The van der Waals surface area contributed by atoms with Crippen molar-refractivity contribution in [2.45, 2.75) is 25.3 Å². The molecule has 1 aliphatic heterocycles. The second kappa shape index (κ2) is 6.09. The van der Waals surface area contributed by atoms with E-state index in [0.29, 0.717) is 6.04 Å². The standard InChI is InChI=1S/C16H21N3O/c1-20-15-7-4-6-14-13(15)8-10-18-16(14)19-12-5-2-3-9-17-11-12/h4,6-8,10,12,17H,2-3,5,9,11H2,1H3,(H,18,19). The normalized spacial score (nSPS) is 19.6. The fraction of sp³-hybridized carbons (Fsp3) is 0.438. The Morgan fingerprint density at radius 1 is 1.25 bits per heavy atom. The topological polar surface area (TPSA) is 46.2 Å². The van der Waals surface area contributed by atoms with Crippen LogP contribution in [0.25, 0.3) is 10.8 Å². The van der Waals surface area contributed by atoms with Gasteiger partial charge in [-0.2, -0.15) is 0 Å². The summed E-state index contributed by atoms with van der Waals surface area (Å²) in [6.07, 6.45) is 5.56. The Balaban J connectivity index is 1.91. The Bertz CT molecular complexity index is 577. The third kappa shape index (κ3) is 2.70. The number of aromatic nitrogens is 1. The summed E-state index contributed by atoms with van der Waals surface area (Å²) >= 11 is 0. The van der Waals surface area contributed by atoms with Crippen LogP contribution in [0.1, 0.15) is 19.3 Å². The van der Waals surface area contributed by atoms with Crippen LogP contribution in [0.5, 0.6) is 5.75 Å². The van der Waals surface area contributed by atoms with Crippen molar-refractivity contribution in [3.05, 3.63) is 30.5 Å². The monoisotopic (exact) mass is 271 g/mol. The minimum atomic E-state index is 0.446. The van der Waals surface area contributed by atoms with Gasteiger partial charge in [-0.15, -0.1) is 0 Å². The Morgan fingerprint density at radius 3 is 3.10 bits per heavy atom. The van der Waals surface area contributed by atoms with Gasteiger partial charge < -0.3 is 15.4 Å². The highest BCUT2D eigenvalue weighted by Crippen LogP contribution is 2.29. The molecule has 20 heavy (non-hydrogen) atoms. The molecule has 0 amide bonds. The second-order valence-corrected chi connectivity index (χ2v) is 5.26. The molecule has 2 N–H and O–H groups in total. The number of hydrogen-bond acceptors (Lipinski definition) is 4. The molecule has 4 heteroatoms. The predicted octanol–water partition coefficient (Wildman–Crippen LogP) is 2.80. The van der Waals surface area contributed by atoms with E-state index in [9.17, 15) is 0 Å². The summed E-state index contributed by atoms with van der Waals surface area (Å²) in [5, 5.41) is 9.29. The SMILES string of the molecule is COc1cccc2c(NC3CCCCNC3)nccc12. The zero-order valence-corrected chi connectivity index (χ0v) is 11.9. The summed E-state index contributed by atoms with van der Waals surface area (Å²) in [7, 11) is 1.71. The molecule has 0 saturated carbocycles. The van der Waals surface area contributed by atoms with E-state index < -0.39 is 0 Å². The quantitative estimate of drug-likeness (QED) is 0.901. The van der Waals surface area contributed by atoms with E-state index in [1.807, 2.05) is 24.4 Å². The molecule has 2 aromatic rings. The molecule has 0 bridgehead atoms. The van der Waals surface area contributed by atoms with Gasteiger partial charge in [0.05, 0.1) is 7.11 Å². The predicted molar refractivity (Wildman–Crippen MR) is 82.4 cm³/mol. The zero-order chi connectivity index (χ0) is 13.8. The van der Waals surface area contributed by atoms with Crippen LogP contribution >= 0.6 is 0 Å². The highest BCUT2D eigenvalue weighted by molar-refractivity contribution is 5.95. The number of hydrogen-bond donors (Lipinski definition) is 2. The summed E-state index contributed by atoms with van der Waals surface area (Å²) in [6.45, 7) is 2.12. The maximum atomic E-state index is 5.42. The number of pyridine rings is 1. The molecule has 4 nitrogen and oxygen atoms in total. The van der Waals surface area contributed by atoms with Crippen molar-refractivity contribution in [2.75, 3.05) is 25.5 Å². The van der Waals surface area contributed by atoms with Crippen LogP contribution in [0, 0.1) is 0 Å². The summed E-state index contributed by atoms with van der Waals surface area (Å²) in [6, 6.07) is 8.54. The van der Waals surface area contributed by atoms with Gasteiger partial charge in [-0.25, -0.2) is 4.98 Å². The van der Waals surface area contributed by atoms with Gasteiger partial charge in [-0.3, -0.25) is 0 Å². The first-order valence-electron chi connectivity index (χ1n) is 7.27. The molecule has 1 unspecified atom stereocenters. The average molecular weight is 271 g/mol. The van der Waals surface area contributed by atoms with Crippen molar-refractivity contribution in [1.29, 1.82) is 0 Å². The van der Waals surface area contributed by atoms with Gasteiger partial charge in [0.15, 0.2) is 0 Å². The van der Waals surface area contributed by atoms with Gasteiger partial charge in [0.2, 0.25) is 0 Å². The van der Waals surface area contributed by atoms with Crippen LogP contribution in [0.2, 0.25) is 0 Å². The zero-order valence-electron chi connectivity index (χ0n) is 11.9. The first-order chi connectivity index (χ1) is 9.88. The van der Waals surface area contributed by atoms with Crippen LogP contribution in [-0.4, -0.2) is 31.2 Å². The lowest BCUT2D eigenvalue weighted by molar-refractivity contribution is 0.420. The van der Waals surface area contributed by atoms with Gasteiger partial charge in [-0.05, 0) is 31.5 Å². The van der Waals surface area contributed by atoms with Crippen molar-refractivity contribution in [3.8, 4) is 5.75 Å². The van der Waals surface area contributed by atoms with Gasteiger partial charge in [-0.1, -0.05) is 18.6 Å². The van der Waals surface area contributed by atoms with E-state index in [-0.39, 0.29) is 0 Å². The van der Waals surface area contributed by atoms with Crippen LogP contribution in [0.3, 0.4) is 0 Å². The number of nitrogens with one attached hydrogen (secondary N) is 2. The fourth-order valence-corrected chi connectivity index (χ4v) is 2.81. The maximum absolute atomic E-state index is 5.42. The summed E-state index contributed by atoms with van der Waals surface area (Å²) in [5.74, 6) is 1.85. The van der Waals surface area contributed by atoms with E-state index in [1.165, 1.54) is 19.3 Å². The van der Waals surface area contributed by atoms with Gasteiger partial charge in [0.1, 0.15) is 11.6 Å². The Labute approximate surface area is 119 Å². The van der Waals surface area contributed by atoms with E-state index in [1.54, 1.807) is 7.11 Å². The third-order valence-electron chi connectivity index (χ3n) is 3.87. The summed E-state index contributed by atoms with van der Waals surface area (Å²) < 4.78 is 5.42. The molecule has 1 aromatic heterocycles. The Hall–Kier alpha value is -1.81. The van der Waals surface area contributed by atoms with Gasteiger partial charge >= 0.3 is 0 Å². The summed E-state index contributed by atoms with van der Waals surface area (Å²) in [5.41, 5.74) is 0. The molecule has 0 spiro atoms. The van der Waals surface area contributed by atoms with E-state index >= 15 is 0 Å². The Morgan fingerprint density at radius 2 is 2.20 bits per heavy atom. The molecule has 1 aromatic carbocycles. The smallest absolute Gasteiger partial charge is 0.134 e. The molecule has 3 rings (SSSR count). The lowest BCUT2D eigenvalue weighted by Gasteiger charge is -2.18. The van der Waals surface area contributed by atoms with Crippen LogP contribution in [0.4, 0.5) is 5.82 Å². The second-order valence-electron chi connectivity index (χ2n) is 5.26. The number of methoxy groups -OCH3 is 1. The molecule has 1 aliphatic rings. The van der Waals surface area contributed by atoms with E-state index in [4.69, 9.17) is 4.74 Å². The average Bonchev–Trinajstić information content (AvgIpc) is 2.76. The number of benzene rings is 1. The van der Waals surface area contributed by atoms with Gasteiger partial charge in [0.25, 0.3) is 0 Å². The van der Waals surface area contributed by atoms with Crippen LogP contribution < -0.4 is 15.4 Å². The summed E-state index contributed by atoms with van der Waals surface area (Å²) in [4.78, 5) is 4.51. The number of ether oxygens (including phenoxy) is 1. The molecule has 0 aliphatic carbocycles. The van der Waals surface area contributed by atoms with Crippen molar-refractivity contribution in [3.63, 3.8) is 0 Å². The molecular weight excluding hydrogens is 250 g/mol. The lowest BCUT2D eigenvalue weighted by atomic mass is 10.1. The third-order valence-corrected chi connectivity index (χ3v) is 3.87. The van der Waals surface area contributed by atoms with Crippen molar-refractivity contribution >= 4 is 16.6 Å². The highest BCUT2D eigenvalue weighted by atomic mass is 16.5. The van der Waals surface area contributed by atoms with Gasteiger partial charge in [0, 0.05) is 29.6 Å². The first-order valence-corrected chi connectivity index (χ1v) is 7.27. The van der Waals surface area contributed by atoms with Crippen molar-refractivity contribution in [1.82, 2.24) is 10.3 Å². The van der Waals surface area contributed by atoms with E-state index in [0.717, 1.165) is 35.4 Å². The number of anilines is 1. The molecule has 1 fully saturated rings. The minimum absolute atomic E-state index is 0.446. The van der Waals surface area contributed by atoms with Crippen LogP contribution in [-0.2, 0) is 0 Å². The number of rotatable bonds is 3. The molecule has 106 valence electrons. The first kappa shape index (κ1) is 13.2. The number of fused-ring (bicyclic) bond motifs is 1. The fourth-order valence-electron chi connectivity index (χ4n) is 2.81. The number of nitrogens with zero attached hydrogens (tertiary/aromatic N) is 1. The van der Waals surface area contributed by atoms with Crippen molar-refractivity contribution < 1.29 is 4.74 Å². The van der Waals surface area contributed by atoms with E-state index in [2.05, 4.69) is 21.7 Å². The van der Waals surface area contributed by atoms with Crippen LogP contribution in [0.15, 0.2) is 30.5 Å². The molecular formula is C16H21N3O.